The van der Waals surface area contributed by atoms with Gasteiger partial charge in [0, 0.05) is 10.4 Å². The first-order valence-electron chi connectivity index (χ1n) is 7.34. The number of hydrogen-bond donors (Lipinski definition) is 1. The monoisotopic (exact) mass is 406 g/mol. The number of carbonyl (C=O) groups excluding carboxylic acids is 1. The van der Waals surface area contributed by atoms with Crippen LogP contribution >= 0.6 is 27.3 Å². The fraction of sp³-hybridized carbons (Fsp3) is 0.176. The summed E-state index contributed by atoms with van der Waals surface area (Å²) in [7, 11) is 0. The van der Waals surface area contributed by atoms with E-state index in [1.54, 1.807) is 12.1 Å². The van der Waals surface area contributed by atoms with Gasteiger partial charge in [-0.25, -0.2) is 4.98 Å². The number of hydrogen-bond acceptors (Lipinski definition) is 5. The highest BCUT2D eigenvalue weighted by Crippen LogP contribution is 2.31. The van der Waals surface area contributed by atoms with Crippen molar-refractivity contribution in [1.29, 1.82) is 0 Å². The minimum absolute atomic E-state index is 0.234. The lowest BCUT2D eigenvalue weighted by molar-refractivity contribution is 0.0995. The fourth-order valence-corrected chi connectivity index (χ4v) is 3.33. The summed E-state index contributed by atoms with van der Waals surface area (Å²) >= 11 is 4.60. The third-order valence-corrected chi connectivity index (χ3v) is 4.57. The number of rotatable bonds is 5. The van der Waals surface area contributed by atoms with E-state index in [9.17, 15) is 4.79 Å². The second-order valence-corrected chi connectivity index (χ2v) is 6.92. The molecule has 0 saturated heterocycles. The summed E-state index contributed by atoms with van der Waals surface area (Å²) in [6, 6.07) is 11.0. The summed E-state index contributed by atoms with van der Waals surface area (Å²) in [5.74, 6) is 0.732. The number of nitrogens with zero attached hydrogens (tertiary/aromatic N) is 1. The Hall–Kier alpha value is -2.12. The molecule has 0 aliphatic carbocycles. The third kappa shape index (κ3) is 3.68. The molecule has 24 heavy (non-hydrogen) atoms. The van der Waals surface area contributed by atoms with E-state index < -0.39 is 0 Å². The van der Waals surface area contributed by atoms with Crippen molar-refractivity contribution in [1.82, 2.24) is 4.98 Å². The summed E-state index contributed by atoms with van der Waals surface area (Å²) in [4.78, 5) is 17.7. The molecule has 1 N–H and O–H groups in total. The van der Waals surface area contributed by atoms with E-state index >= 15 is 0 Å². The molecule has 0 spiro atoms. The molecule has 0 saturated carbocycles. The maximum absolute atomic E-state index is 12.1. The van der Waals surface area contributed by atoms with E-state index in [-0.39, 0.29) is 11.7 Å². The van der Waals surface area contributed by atoms with Crippen LogP contribution in [0.4, 0.5) is 5.13 Å². The lowest BCUT2D eigenvalue weighted by atomic mass is 10.1. The SMILES string of the molecule is CCOc1ccc(-c2nc(NC(=O)c3ccc(Br)o3)sc2C)cc1. The van der Waals surface area contributed by atoms with Crippen LogP contribution in [-0.4, -0.2) is 17.5 Å². The van der Waals surface area contributed by atoms with Crippen molar-refractivity contribution in [3.8, 4) is 17.0 Å². The highest BCUT2D eigenvalue weighted by atomic mass is 79.9. The molecule has 0 bridgehead atoms. The molecular formula is C17H15BrN2O3S. The van der Waals surface area contributed by atoms with Crippen LogP contribution in [0.15, 0.2) is 45.5 Å². The van der Waals surface area contributed by atoms with Crippen molar-refractivity contribution >= 4 is 38.3 Å². The lowest BCUT2D eigenvalue weighted by Gasteiger charge is -2.04. The molecule has 0 fully saturated rings. The maximum atomic E-state index is 12.1. The number of amides is 1. The van der Waals surface area contributed by atoms with Crippen LogP contribution in [0.5, 0.6) is 5.75 Å². The Balaban J connectivity index is 1.78. The van der Waals surface area contributed by atoms with Crippen LogP contribution in [0.1, 0.15) is 22.4 Å². The van der Waals surface area contributed by atoms with Gasteiger partial charge in [0.15, 0.2) is 15.6 Å². The molecule has 0 unspecified atom stereocenters. The molecule has 0 radical (unpaired) electrons. The Kier molecular flexibility index (Phi) is 5.01. The predicted molar refractivity (Wildman–Crippen MR) is 97.8 cm³/mol. The molecule has 124 valence electrons. The van der Waals surface area contributed by atoms with Gasteiger partial charge in [-0.3, -0.25) is 10.1 Å². The van der Waals surface area contributed by atoms with Crippen molar-refractivity contribution in [2.75, 3.05) is 11.9 Å². The van der Waals surface area contributed by atoms with Crippen molar-refractivity contribution in [2.24, 2.45) is 0 Å². The summed E-state index contributed by atoms with van der Waals surface area (Å²) < 4.78 is 11.2. The Morgan fingerprint density at radius 1 is 1.29 bits per heavy atom. The fourth-order valence-electron chi connectivity index (χ4n) is 2.19. The number of carbonyl (C=O) groups is 1. The van der Waals surface area contributed by atoms with E-state index in [1.807, 2.05) is 38.1 Å². The number of furan rings is 1. The largest absolute Gasteiger partial charge is 0.494 e. The number of nitrogens with one attached hydrogen (secondary N) is 1. The number of halogens is 1. The van der Waals surface area contributed by atoms with Crippen LogP contribution in [0.25, 0.3) is 11.3 Å². The summed E-state index contributed by atoms with van der Waals surface area (Å²) in [6.07, 6.45) is 0. The van der Waals surface area contributed by atoms with Crippen molar-refractivity contribution in [2.45, 2.75) is 13.8 Å². The van der Waals surface area contributed by atoms with E-state index in [1.165, 1.54) is 11.3 Å². The molecule has 0 aliphatic heterocycles. The molecular weight excluding hydrogens is 392 g/mol. The maximum Gasteiger partial charge on any atom is 0.293 e. The van der Waals surface area contributed by atoms with Gasteiger partial charge in [0.25, 0.3) is 5.91 Å². The van der Waals surface area contributed by atoms with E-state index in [4.69, 9.17) is 9.15 Å². The van der Waals surface area contributed by atoms with Gasteiger partial charge in [-0.1, -0.05) is 0 Å². The predicted octanol–water partition coefficient (Wildman–Crippen LogP) is 5.13. The van der Waals surface area contributed by atoms with Gasteiger partial charge in [-0.2, -0.15) is 0 Å². The Labute approximate surface area is 151 Å². The first-order chi connectivity index (χ1) is 11.6. The van der Waals surface area contributed by atoms with E-state index in [0.29, 0.717) is 16.4 Å². The molecule has 3 aromatic rings. The van der Waals surface area contributed by atoms with Gasteiger partial charge in [0.1, 0.15) is 5.75 Å². The van der Waals surface area contributed by atoms with Crippen LogP contribution in [0.2, 0.25) is 0 Å². The van der Waals surface area contributed by atoms with E-state index in [2.05, 4.69) is 26.2 Å². The topological polar surface area (TPSA) is 64.4 Å². The molecule has 1 amide bonds. The van der Waals surface area contributed by atoms with Crippen LogP contribution < -0.4 is 10.1 Å². The molecule has 0 aliphatic rings. The standard InChI is InChI=1S/C17H15BrN2O3S/c1-3-22-12-6-4-11(5-7-12)15-10(2)24-17(19-15)20-16(21)13-8-9-14(18)23-13/h4-9H,3H2,1-2H3,(H,19,20,21). The third-order valence-electron chi connectivity index (χ3n) is 3.25. The van der Waals surface area contributed by atoms with Gasteiger partial charge >= 0.3 is 0 Å². The van der Waals surface area contributed by atoms with Gasteiger partial charge in [0.05, 0.1) is 12.3 Å². The van der Waals surface area contributed by atoms with Crippen molar-refractivity contribution < 1.29 is 13.9 Å². The average Bonchev–Trinajstić information content (AvgIpc) is 3.14. The number of anilines is 1. The first-order valence-corrected chi connectivity index (χ1v) is 8.95. The summed E-state index contributed by atoms with van der Waals surface area (Å²) in [5, 5.41) is 3.30. The lowest BCUT2D eigenvalue weighted by Crippen LogP contribution is -2.10. The Morgan fingerprint density at radius 3 is 2.67 bits per heavy atom. The minimum Gasteiger partial charge on any atom is -0.494 e. The zero-order valence-electron chi connectivity index (χ0n) is 13.1. The highest BCUT2D eigenvalue weighted by Gasteiger charge is 2.15. The number of aromatic nitrogens is 1. The second kappa shape index (κ2) is 7.19. The minimum atomic E-state index is -0.326. The Bertz CT molecular complexity index is 855. The van der Waals surface area contributed by atoms with Crippen LogP contribution in [0.3, 0.4) is 0 Å². The summed E-state index contributed by atoms with van der Waals surface area (Å²) in [6.45, 7) is 4.56. The zero-order chi connectivity index (χ0) is 17.1. The number of aryl methyl sites for hydroxylation is 1. The van der Waals surface area contributed by atoms with Crippen LogP contribution in [0, 0.1) is 6.92 Å². The quantitative estimate of drug-likeness (QED) is 0.637. The molecule has 2 aromatic heterocycles. The number of ether oxygens (including phenoxy) is 1. The van der Waals surface area contributed by atoms with Crippen molar-refractivity contribution in [3.63, 3.8) is 0 Å². The molecule has 0 atom stereocenters. The normalized spacial score (nSPS) is 10.6. The van der Waals surface area contributed by atoms with E-state index in [0.717, 1.165) is 21.9 Å². The molecule has 2 heterocycles. The molecule has 7 heteroatoms. The van der Waals surface area contributed by atoms with Crippen molar-refractivity contribution in [3.05, 3.63) is 51.7 Å². The number of benzene rings is 1. The van der Waals surface area contributed by atoms with Gasteiger partial charge in [-0.05, 0) is 66.2 Å². The highest BCUT2D eigenvalue weighted by molar-refractivity contribution is 9.10. The van der Waals surface area contributed by atoms with Gasteiger partial charge < -0.3 is 9.15 Å². The van der Waals surface area contributed by atoms with Crippen LogP contribution in [-0.2, 0) is 0 Å². The smallest absolute Gasteiger partial charge is 0.293 e. The second-order valence-electron chi connectivity index (χ2n) is 4.94. The number of thiazole rings is 1. The molecule has 5 nitrogen and oxygen atoms in total. The van der Waals surface area contributed by atoms with Gasteiger partial charge in [-0.15, -0.1) is 11.3 Å². The molecule has 1 aromatic carbocycles. The molecule has 3 rings (SSSR count). The van der Waals surface area contributed by atoms with Gasteiger partial charge in [0.2, 0.25) is 0 Å². The zero-order valence-corrected chi connectivity index (χ0v) is 15.5. The average molecular weight is 407 g/mol. The Morgan fingerprint density at radius 2 is 2.04 bits per heavy atom. The summed E-state index contributed by atoms with van der Waals surface area (Å²) in [5.41, 5.74) is 1.83. The first kappa shape index (κ1) is 16.7.